The maximum absolute atomic E-state index is 13.9. The van der Waals surface area contributed by atoms with Crippen LogP contribution in [0.3, 0.4) is 0 Å². The Morgan fingerprint density at radius 2 is 0.979 bits per heavy atom. The van der Waals surface area contributed by atoms with E-state index < -0.39 is 54.9 Å². The largest absolute Gasteiger partial charge is 0.744 e. The molecule has 0 saturated carbocycles. The average molecular weight is 695 g/mol. The highest BCUT2D eigenvalue weighted by Gasteiger charge is 2.31. The summed E-state index contributed by atoms with van der Waals surface area (Å²) in [5, 5.41) is 0. The van der Waals surface area contributed by atoms with E-state index in [9.17, 15) is 43.7 Å². The summed E-state index contributed by atoms with van der Waals surface area (Å²) in [6.07, 6.45) is 0.852. The van der Waals surface area contributed by atoms with Crippen molar-refractivity contribution in [3.63, 3.8) is 0 Å². The van der Waals surface area contributed by atoms with E-state index in [2.05, 4.69) is 0 Å². The Balaban J connectivity index is 0.000000214. The second-order valence-corrected chi connectivity index (χ2v) is 13.4. The van der Waals surface area contributed by atoms with Gasteiger partial charge in [0.25, 0.3) is 0 Å². The Morgan fingerprint density at radius 1 is 0.617 bits per heavy atom. The summed E-state index contributed by atoms with van der Waals surface area (Å²) in [7, 11) is -6.29. The molecule has 0 radical (unpaired) electrons. The first-order valence-electron chi connectivity index (χ1n) is 13.8. The van der Waals surface area contributed by atoms with Crippen LogP contribution in [-0.4, -0.2) is 13.0 Å². The van der Waals surface area contributed by atoms with Crippen LogP contribution in [0.1, 0.15) is 31.7 Å². The van der Waals surface area contributed by atoms with Gasteiger partial charge in [-0.2, -0.15) is 8.78 Å². The van der Waals surface area contributed by atoms with Crippen LogP contribution in [0.4, 0.5) is 30.7 Å². The minimum Gasteiger partial charge on any atom is -0.744 e. The molecule has 0 spiro atoms. The maximum atomic E-state index is 13.9. The Kier molecular flexibility index (Phi) is 11.4. The van der Waals surface area contributed by atoms with E-state index in [-0.39, 0.29) is 29.1 Å². The maximum Gasteiger partial charge on any atom is 0.205 e. The van der Waals surface area contributed by atoms with Crippen LogP contribution < -0.4 is 4.74 Å². The van der Waals surface area contributed by atoms with Crippen LogP contribution in [0.25, 0.3) is 0 Å². The third-order valence-electron chi connectivity index (χ3n) is 6.86. The van der Waals surface area contributed by atoms with Gasteiger partial charge >= 0.3 is 0 Å². The zero-order valence-electron chi connectivity index (χ0n) is 24.6. The molecule has 0 bridgehead atoms. The van der Waals surface area contributed by atoms with Crippen molar-refractivity contribution in [1.82, 2.24) is 0 Å². The summed E-state index contributed by atoms with van der Waals surface area (Å²) in [5.74, 6) is -11.2. The van der Waals surface area contributed by atoms with Gasteiger partial charge in [-0.1, -0.05) is 26.0 Å². The first-order chi connectivity index (χ1) is 22.2. The Morgan fingerprint density at radius 3 is 1.30 bits per heavy atom. The molecule has 5 aromatic carbocycles. The molecule has 0 amide bonds. The molecule has 0 aliphatic rings. The molecule has 0 heterocycles. The van der Waals surface area contributed by atoms with E-state index in [1.165, 1.54) is 48.5 Å². The van der Waals surface area contributed by atoms with Gasteiger partial charge in [-0.05, 0) is 103 Å². The molecule has 1 atom stereocenters. The fraction of sp³-hybridized carbons (Fsp3) is 0.118. The van der Waals surface area contributed by atoms with Crippen molar-refractivity contribution in [2.45, 2.75) is 45.8 Å². The quantitative estimate of drug-likeness (QED) is 0.0703. The second kappa shape index (κ2) is 15.1. The van der Waals surface area contributed by atoms with Crippen LogP contribution in [0, 0.1) is 40.7 Å². The van der Waals surface area contributed by atoms with Gasteiger partial charge in [-0.3, -0.25) is 0 Å². The number of benzene rings is 5. The molecule has 0 aliphatic carbocycles. The normalized spacial score (nSPS) is 12.0. The summed E-state index contributed by atoms with van der Waals surface area (Å²) < 4.78 is 132. The molecule has 1 unspecified atom stereocenters. The first kappa shape index (κ1) is 35.5. The molecule has 0 aliphatic heterocycles. The van der Waals surface area contributed by atoms with Crippen LogP contribution >= 0.6 is 0 Å². The zero-order valence-corrected chi connectivity index (χ0v) is 26.3. The highest BCUT2D eigenvalue weighted by molar-refractivity contribution is 7.97. The predicted octanol–water partition coefficient (Wildman–Crippen LogP) is 9.65. The third kappa shape index (κ3) is 8.53. The van der Waals surface area contributed by atoms with Crippen molar-refractivity contribution < 1.29 is 48.4 Å². The van der Waals surface area contributed by atoms with Gasteiger partial charge in [0.05, 0.1) is 10.9 Å². The van der Waals surface area contributed by atoms with E-state index >= 15 is 0 Å². The Hall–Kier alpha value is -4.33. The second-order valence-electron chi connectivity index (χ2n) is 10.0. The van der Waals surface area contributed by atoms with Crippen molar-refractivity contribution in [2.24, 2.45) is 0 Å². The van der Waals surface area contributed by atoms with Gasteiger partial charge in [-0.25, -0.2) is 30.4 Å². The lowest BCUT2D eigenvalue weighted by molar-refractivity contribution is 0.345. The number of hydrogen-bond acceptors (Lipinski definition) is 4. The van der Waals surface area contributed by atoms with Gasteiger partial charge < -0.3 is 9.29 Å². The average Bonchev–Trinajstić information content (AvgIpc) is 3.04. The van der Waals surface area contributed by atoms with Gasteiger partial charge in [-0.15, -0.1) is 0 Å². The highest BCUT2D eigenvalue weighted by Crippen LogP contribution is 2.36. The van der Waals surface area contributed by atoms with Crippen LogP contribution in [0.15, 0.2) is 117 Å². The van der Waals surface area contributed by atoms with Crippen LogP contribution in [0.5, 0.6) is 11.5 Å². The monoisotopic (exact) mass is 694 g/mol. The fourth-order valence-corrected chi connectivity index (χ4v) is 6.90. The summed E-state index contributed by atoms with van der Waals surface area (Å²) in [6.45, 7) is 3.93. The molecule has 0 N–H and O–H groups in total. The molecular weight excluding hydrogens is 669 g/mol. The zero-order chi connectivity index (χ0) is 34.5. The smallest absolute Gasteiger partial charge is 0.205 e. The Bertz CT molecular complexity index is 1800. The molecule has 13 heteroatoms. The van der Waals surface area contributed by atoms with Crippen molar-refractivity contribution in [2.75, 3.05) is 0 Å². The van der Waals surface area contributed by atoms with E-state index in [1.54, 1.807) is 48.5 Å². The summed E-state index contributed by atoms with van der Waals surface area (Å²) >= 11 is 0. The van der Waals surface area contributed by atoms with Gasteiger partial charge in [0.1, 0.15) is 38.2 Å². The topological polar surface area (TPSA) is 66.4 Å². The molecule has 0 saturated heterocycles. The summed E-state index contributed by atoms with van der Waals surface area (Å²) in [5.41, 5.74) is 0.918. The van der Waals surface area contributed by atoms with E-state index in [0.29, 0.717) is 0 Å². The van der Waals surface area contributed by atoms with Crippen molar-refractivity contribution in [3.05, 3.63) is 143 Å². The van der Waals surface area contributed by atoms with Gasteiger partial charge in [0.2, 0.25) is 17.4 Å². The van der Waals surface area contributed by atoms with Gasteiger partial charge in [0.15, 0.2) is 26.3 Å². The predicted molar refractivity (Wildman–Crippen MR) is 161 cm³/mol. The molecule has 5 rings (SSSR count). The van der Waals surface area contributed by atoms with Crippen LogP contribution in [0.2, 0.25) is 0 Å². The summed E-state index contributed by atoms with van der Waals surface area (Å²) in [6, 6.07) is 24.5. The lowest BCUT2D eigenvalue weighted by atomic mass is 9.99. The number of halogens is 7. The first-order valence-corrected chi connectivity index (χ1v) is 16.4. The Labute approximate surface area is 269 Å². The number of rotatable bonds is 8. The molecule has 0 fully saturated rings. The molecule has 4 nitrogen and oxygen atoms in total. The minimum atomic E-state index is -5.75. The number of ether oxygens (including phenoxy) is 1. The fourth-order valence-electron chi connectivity index (χ4n) is 4.24. The highest BCUT2D eigenvalue weighted by atomic mass is 32.2. The molecule has 0 aromatic heterocycles. The summed E-state index contributed by atoms with van der Waals surface area (Å²) in [4.78, 5) is 0.445. The molecule has 246 valence electrons. The molecule has 5 aromatic rings. The molecular formula is C34H25F7O4S2. The van der Waals surface area contributed by atoms with Crippen molar-refractivity contribution in [3.8, 4) is 11.5 Å². The lowest BCUT2D eigenvalue weighted by Crippen LogP contribution is -2.11. The van der Waals surface area contributed by atoms with E-state index in [0.717, 1.165) is 26.7 Å². The third-order valence-corrected chi connectivity index (χ3v) is 9.95. The van der Waals surface area contributed by atoms with Gasteiger partial charge in [0, 0.05) is 0 Å². The van der Waals surface area contributed by atoms with Crippen molar-refractivity contribution in [1.29, 1.82) is 0 Å². The minimum absolute atomic E-state index is 0.124. The molecule has 47 heavy (non-hydrogen) atoms. The van der Waals surface area contributed by atoms with E-state index in [1.807, 2.05) is 13.8 Å². The van der Waals surface area contributed by atoms with E-state index in [4.69, 9.17) is 4.74 Å². The SMILES string of the molecule is CCC(C)c1ccc(Oc2c(F)c(F)c(S(=O)(=O)[O-])c(F)c2F)cc1.Fc1ccc([S+](c2ccc(F)cc2)c2ccc(F)cc2)cc1. The standard InChI is InChI=1S/C18H12F3S.C16H14F4O4S/c19-13-1-7-16(8-2-13)22(17-9-3-14(20)4-10-17)18-11-5-15(21)6-12-18;1-3-8(2)9-4-6-10(7-5-9)24-15-11(17)13(19)16(25(21,22)23)14(20)12(15)18/h1-12H;4-8H,3H2,1-2H3,(H,21,22,23)/q+1;/p-1. The van der Waals surface area contributed by atoms with Crippen molar-refractivity contribution >= 4 is 21.0 Å². The number of hydrogen-bond donors (Lipinski definition) is 0. The van der Waals surface area contributed by atoms with Crippen LogP contribution in [-0.2, 0) is 21.0 Å². The lowest BCUT2D eigenvalue weighted by Gasteiger charge is -2.15.